The van der Waals surface area contributed by atoms with Crippen LogP contribution in [-0.4, -0.2) is 7.11 Å². The molecular weight excluding hydrogens is 302 g/mol. The van der Waals surface area contributed by atoms with Gasteiger partial charge in [0.25, 0.3) is 0 Å². The molecule has 0 radical (unpaired) electrons. The van der Waals surface area contributed by atoms with E-state index >= 15 is 0 Å². The third-order valence-electron chi connectivity index (χ3n) is 3.17. The third kappa shape index (κ3) is 3.82. The van der Waals surface area contributed by atoms with Gasteiger partial charge in [-0.3, -0.25) is 0 Å². The van der Waals surface area contributed by atoms with Gasteiger partial charge in [0, 0.05) is 17.1 Å². The van der Waals surface area contributed by atoms with Crippen molar-refractivity contribution in [2.45, 2.75) is 19.5 Å². The van der Waals surface area contributed by atoms with Crippen molar-refractivity contribution in [2.24, 2.45) is 0 Å². The first-order chi connectivity index (χ1) is 9.20. The first-order valence-electron chi connectivity index (χ1n) is 6.31. The van der Waals surface area contributed by atoms with Gasteiger partial charge in [0.2, 0.25) is 0 Å². The Hall–Kier alpha value is -1.32. The van der Waals surface area contributed by atoms with Gasteiger partial charge in [-0.15, -0.1) is 0 Å². The van der Waals surface area contributed by atoms with Crippen LogP contribution in [0.3, 0.4) is 0 Å². The van der Waals surface area contributed by atoms with E-state index in [1.807, 2.05) is 18.2 Å². The molecule has 0 aromatic heterocycles. The van der Waals surface area contributed by atoms with Crippen molar-refractivity contribution in [3.8, 4) is 5.75 Å². The third-order valence-corrected chi connectivity index (χ3v) is 3.95. The van der Waals surface area contributed by atoms with Crippen LogP contribution < -0.4 is 10.1 Å². The Balaban J connectivity index is 1.97. The highest BCUT2D eigenvalue weighted by molar-refractivity contribution is 9.10. The lowest BCUT2D eigenvalue weighted by atomic mass is 10.1. The minimum absolute atomic E-state index is 0.304. The fourth-order valence-electron chi connectivity index (χ4n) is 1.92. The van der Waals surface area contributed by atoms with E-state index in [0.717, 1.165) is 16.8 Å². The zero-order chi connectivity index (χ0) is 13.7. The lowest BCUT2D eigenvalue weighted by molar-refractivity contribution is 0.414. The predicted molar refractivity (Wildman–Crippen MR) is 82.4 cm³/mol. The Bertz CT molecular complexity index is 525. The summed E-state index contributed by atoms with van der Waals surface area (Å²) in [6, 6.07) is 16.7. The maximum absolute atomic E-state index is 5.17. The Kier molecular flexibility index (Phi) is 5.00. The van der Waals surface area contributed by atoms with Crippen LogP contribution in [0.5, 0.6) is 5.75 Å². The molecule has 0 saturated heterocycles. The van der Waals surface area contributed by atoms with Gasteiger partial charge in [0.15, 0.2) is 0 Å². The summed E-state index contributed by atoms with van der Waals surface area (Å²) >= 11 is 3.56. The van der Waals surface area contributed by atoms with Gasteiger partial charge in [0.1, 0.15) is 5.75 Å². The van der Waals surface area contributed by atoms with Crippen molar-refractivity contribution in [3.63, 3.8) is 0 Å². The van der Waals surface area contributed by atoms with Crippen molar-refractivity contribution in [2.75, 3.05) is 7.11 Å². The van der Waals surface area contributed by atoms with E-state index in [2.05, 4.69) is 58.5 Å². The van der Waals surface area contributed by atoms with Crippen LogP contribution in [0, 0.1) is 0 Å². The van der Waals surface area contributed by atoms with Crippen LogP contribution >= 0.6 is 15.9 Å². The van der Waals surface area contributed by atoms with E-state index in [1.54, 1.807) is 7.11 Å². The van der Waals surface area contributed by atoms with Crippen molar-refractivity contribution < 1.29 is 4.74 Å². The van der Waals surface area contributed by atoms with E-state index in [4.69, 9.17) is 4.74 Å². The average molecular weight is 320 g/mol. The zero-order valence-corrected chi connectivity index (χ0v) is 12.8. The molecule has 2 nitrogen and oxygen atoms in total. The van der Waals surface area contributed by atoms with Crippen LogP contribution in [0.25, 0.3) is 0 Å². The highest BCUT2D eigenvalue weighted by Gasteiger charge is 2.06. The maximum Gasteiger partial charge on any atom is 0.118 e. The van der Waals surface area contributed by atoms with Gasteiger partial charge in [-0.1, -0.05) is 46.3 Å². The predicted octanol–water partition coefficient (Wildman–Crippen LogP) is 4.31. The lowest BCUT2D eigenvalue weighted by Gasteiger charge is -2.15. The second-order valence-corrected chi connectivity index (χ2v) is 5.32. The van der Waals surface area contributed by atoms with E-state index in [9.17, 15) is 0 Å². The maximum atomic E-state index is 5.17. The summed E-state index contributed by atoms with van der Waals surface area (Å²) in [5.74, 6) is 0.891. The topological polar surface area (TPSA) is 21.3 Å². The molecular formula is C16H18BrNO. The summed E-state index contributed by atoms with van der Waals surface area (Å²) in [4.78, 5) is 0. The highest BCUT2D eigenvalue weighted by Crippen LogP contribution is 2.19. The number of halogens is 1. The van der Waals surface area contributed by atoms with Crippen molar-refractivity contribution >= 4 is 15.9 Å². The summed E-state index contributed by atoms with van der Waals surface area (Å²) in [5, 5.41) is 3.52. The molecule has 0 aliphatic heterocycles. The molecule has 2 rings (SSSR count). The number of nitrogens with one attached hydrogen (secondary N) is 1. The van der Waals surface area contributed by atoms with Gasteiger partial charge in [-0.2, -0.15) is 0 Å². The standard InChI is InChI=1S/C16H18BrNO/c1-12(13-7-9-15(19-2)10-8-13)18-11-14-5-3-4-6-16(14)17/h3-10,12,18H,11H2,1-2H3/t12-/m1/s1. The number of rotatable bonds is 5. The minimum atomic E-state index is 0.304. The van der Waals surface area contributed by atoms with Gasteiger partial charge < -0.3 is 10.1 Å². The molecule has 1 N–H and O–H groups in total. The normalized spacial score (nSPS) is 12.2. The summed E-state index contributed by atoms with van der Waals surface area (Å²) in [7, 11) is 1.68. The van der Waals surface area contributed by atoms with Crippen molar-refractivity contribution in [1.82, 2.24) is 5.32 Å². The summed E-state index contributed by atoms with van der Waals surface area (Å²) < 4.78 is 6.31. The van der Waals surface area contributed by atoms with Crippen LogP contribution in [0.4, 0.5) is 0 Å². The van der Waals surface area contributed by atoms with E-state index < -0.39 is 0 Å². The van der Waals surface area contributed by atoms with Crippen molar-refractivity contribution in [3.05, 3.63) is 64.1 Å². The molecule has 0 saturated carbocycles. The molecule has 1 atom stereocenters. The van der Waals surface area contributed by atoms with Crippen molar-refractivity contribution in [1.29, 1.82) is 0 Å². The van der Waals surface area contributed by atoms with Gasteiger partial charge in [-0.05, 0) is 36.2 Å². The SMILES string of the molecule is COc1ccc([C@@H](C)NCc2ccccc2Br)cc1. The lowest BCUT2D eigenvalue weighted by Crippen LogP contribution is -2.18. The van der Waals surface area contributed by atoms with E-state index in [1.165, 1.54) is 11.1 Å². The molecule has 100 valence electrons. The number of hydrogen-bond donors (Lipinski definition) is 1. The molecule has 2 aromatic carbocycles. The average Bonchev–Trinajstić information content (AvgIpc) is 2.46. The van der Waals surface area contributed by atoms with Crippen LogP contribution in [0.2, 0.25) is 0 Å². The molecule has 19 heavy (non-hydrogen) atoms. The Labute approximate surface area is 122 Å². The Morgan fingerprint density at radius 3 is 2.42 bits per heavy atom. The van der Waals surface area contributed by atoms with Crippen LogP contribution in [0.15, 0.2) is 53.0 Å². The zero-order valence-electron chi connectivity index (χ0n) is 11.2. The van der Waals surface area contributed by atoms with E-state index in [-0.39, 0.29) is 0 Å². The van der Waals surface area contributed by atoms with Gasteiger partial charge in [0.05, 0.1) is 7.11 Å². The van der Waals surface area contributed by atoms with E-state index in [0.29, 0.717) is 6.04 Å². The summed E-state index contributed by atoms with van der Waals surface area (Å²) in [6.45, 7) is 3.01. The molecule has 0 unspecified atom stereocenters. The largest absolute Gasteiger partial charge is 0.497 e. The number of hydrogen-bond acceptors (Lipinski definition) is 2. The molecule has 3 heteroatoms. The molecule has 0 aliphatic rings. The highest BCUT2D eigenvalue weighted by atomic mass is 79.9. The Morgan fingerprint density at radius 1 is 1.11 bits per heavy atom. The molecule has 0 amide bonds. The van der Waals surface area contributed by atoms with Crippen LogP contribution in [-0.2, 0) is 6.54 Å². The summed E-state index contributed by atoms with van der Waals surface area (Å²) in [5.41, 5.74) is 2.52. The Morgan fingerprint density at radius 2 is 1.79 bits per heavy atom. The fourth-order valence-corrected chi connectivity index (χ4v) is 2.34. The van der Waals surface area contributed by atoms with Gasteiger partial charge in [-0.25, -0.2) is 0 Å². The number of ether oxygens (including phenoxy) is 1. The molecule has 0 fully saturated rings. The summed E-state index contributed by atoms with van der Waals surface area (Å²) in [6.07, 6.45) is 0. The second kappa shape index (κ2) is 6.73. The smallest absolute Gasteiger partial charge is 0.118 e. The number of benzene rings is 2. The van der Waals surface area contributed by atoms with Gasteiger partial charge >= 0.3 is 0 Å². The molecule has 2 aromatic rings. The first kappa shape index (κ1) is 14.1. The monoisotopic (exact) mass is 319 g/mol. The second-order valence-electron chi connectivity index (χ2n) is 4.47. The first-order valence-corrected chi connectivity index (χ1v) is 7.10. The number of methoxy groups -OCH3 is 1. The van der Waals surface area contributed by atoms with Crippen LogP contribution in [0.1, 0.15) is 24.1 Å². The minimum Gasteiger partial charge on any atom is -0.497 e. The molecule has 0 heterocycles. The molecule has 0 spiro atoms. The molecule has 0 aliphatic carbocycles. The quantitative estimate of drug-likeness (QED) is 0.886. The molecule has 0 bridgehead atoms. The fraction of sp³-hybridized carbons (Fsp3) is 0.250.